The minimum Gasteiger partial charge on any atom is -0.490 e. The maximum atomic E-state index is 15.0. The van der Waals surface area contributed by atoms with Gasteiger partial charge in [0.25, 0.3) is 0 Å². The molecule has 0 amide bonds. The first kappa shape index (κ1) is 29.5. The summed E-state index contributed by atoms with van der Waals surface area (Å²) in [5.74, 6) is -1.80. The number of aryl methyl sites for hydroxylation is 1. The summed E-state index contributed by atoms with van der Waals surface area (Å²) in [6.07, 6.45) is 11.7. The highest BCUT2D eigenvalue weighted by molar-refractivity contribution is 5.73. The van der Waals surface area contributed by atoms with Gasteiger partial charge in [0, 0.05) is 5.56 Å². The maximum Gasteiger partial charge on any atom is 0.201 e. The minimum absolute atomic E-state index is 0.0130. The van der Waals surface area contributed by atoms with Crippen molar-refractivity contribution in [2.24, 2.45) is 0 Å². The average molecular weight is 541 g/mol. The molecule has 1 nitrogen and oxygen atoms in total. The summed E-state index contributed by atoms with van der Waals surface area (Å²) in [6.45, 7) is 4.82. The fourth-order valence-electron chi connectivity index (χ4n) is 5.13. The molecule has 0 N–H and O–H groups in total. The standard InChI is InChI=1S/C37H42F2O/c1-3-5-6-7-8-9-10-11-27-40-35-26-25-34(36(38)37(35)39)33-23-21-32(22-24-33)31-19-17-30(18-20-31)29-15-13-28(12-4-2)14-16-29/h13-26H,3-12,27H2,1-2H3. The van der Waals surface area contributed by atoms with Crippen LogP contribution in [0, 0.1) is 11.6 Å². The Kier molecular flexibility index (Phi) is 11.3. The largest absolute Gasteiger partial charge is 0.490 e. The lowest BCUT2D eigenvalue weighted by molar-refractivity contribution is 0.285. The molecule has 0 bridgehead atoms. The van der Waals surface area contributed by atoms with E-state index in [0.29, 0.717) is 12.2 Å². The summed E-state index contributed by atoms with van der Waals surface area (Å²) >= 11 is 0. The van der Waals surface area contributed by atoms with Crippen molar-refractivity contribution in [2.75, 3.05) is 6.61 Å². The Balaban J connectivity index is 1.33. The van der Waals surface area contributed by atoms with E-state index >= 15 is 0 Å². The zero-order valence-corrected chi connectivity index (χ0v) is 24.0. The van der Waals surface area contributed by atoms with Gasteiger partial charge < -0.3 is 4.74 Å². The summed E-state index contributed by atoms with van der Waals surface area (Å²) < 4.78 is 35.3. The third-order valence-electron chi connectivity index (χ3n) is 7.54. The third-order valence-corrected chi connectivity index (χ3v) is 7.54. The first-order chi connectivity index (χ1) is 19.6. The van der Waals surface area contributed by atoms with Crippen LogP contribution >= 0.6 is 0 Å². The van der Waals surface area contributed by atoms with Gasteiger partial charge in [-0.25, -0.2) is 4.39 Å². The second-order valence-corrected chi connectivity index (χ2v) is 10.7. The molecule has 3 heteroatoms. The molecule has 0 aliphatic heterocycles. The van der Waals surface area contributed by atoms with Gasteiger partial charge in [-0.1, -0.05) is 138 Å². The van der Waals surface area contributed by atoms with Crippen molar-refractivity contribution >= 4 is 0 Å². The number of unbranched alkanes of at least 4 members (excludes halogenated alkanes) is 7. The minimum atomic E-state index is -0.917. The van der Waals surface area contributed by atoms with E-state index in [4.69, 9.17) is 4.74 Å². The van der Waals surface area contributed by atoms with Gasteiger partial charge in [-0.3, -0.25) is 0 Å². The zero-order chi connectivity index (χ0) is 28.2. The van der Waals surface area contributed by atoms with Crippen LogP contribution in [0.2, 0.25) is 0 Å². The van der Waals surface area contributed by atoms with Crippen LogP contribution in [0.1, 0.15) is 77.2 Å². The van der Waals surface area contributed by atoms with Crippen molar-refractivity contribution in [3.05, 3.63) is 102 Å². The van der Waals surface area contributed by atoms with Crippen LogP contribution in [0.15, 0.2) is 84.9 Å². The van der Waals surface area contributed by atoms with Crippen molar-refractivity contribution in [2.45, 2.75) is 78.1 Å². The number of rotatable bonds is 15. The first-order valence-corrected chi connectivity index (χ1v) is 15.0. The molecule has 210 valence electrons. The molecule has 4 rings (SSSR count). The normalized spacial score (nSPS) is 11.1. The lowest BCUT2D eigenvalue weighted by Crippen LogP contribution is -2.01. The number of hydrogen-bond donors (Lipinski definition) is 0. The summed E-state index contributed by atoms with van der Waals surface area (Å²) in [6, 6.07) is 27.9. The van der Waals surface area contributed by atoms with Gasteiger partial charge in [-0.2, -0.15) is 4.39 Å². The quantitative estimate of drug-likeness (QED) is 0.136. The van der Waals surface area contributed by atoms with E-state index in [9.17, 15) is 8.78 Å². The van der Waals surface area contributed by atoms with E-state index < -0.39 is 11.6 Å². The molecule has 0 heterocycles. The molecular weight excluding hydrogens is 498 g/mol. The Labute approximate surface area is 239 Å². The Morgan fingerprint density at radius 3 is 1.48 bits per heavy atom. The topological polar surface area (TPSA) is 9.23 Å². The van der Waals surface area contributed by atoms with Gasteiger partial charge in [0.2, 0.25) is 5.82 Å². The molecule has 0 spiro atoms. The van der Waals surface area contributed by atoms with Crippen LogP contribution < -0.4 is 4.74 Å². The molecule has 0 atom stereocenters. The Bertz CT molecular complexity index is 1310. The van der Waals surface area contributed by atoms with Crippen molar-refractivity contribution in [3.8, 4) is 39.1 Å². The van der Waals surface area contributed by atoms with Gasteiger partial charge in [0.1, 0.15) is 0 Å². The highest BCUT2D eigenvalue weighted by Gasteiger charge is 2.16. The predicted molar refractivity (Wildman–Crippen MR) is 165 cm³/mol. The highest BCUT2D eigenvalue weighted by atomic mass is 19.2. The van der Waals surface area contributed by atoms with E-state index in [1.807, 2.05) is 24.3 Å². The molecule has 0 radical (unpaired) electrons. The molecule has 0 aliphatic rings. The fraction of sp³-hybridized carbons (Fsp3) is 0.351. The van der Waals surface area contributed by atoms with Crippen molar-refractivity contribution in [1.29, 1.82) is 0 Å². The smallest absolute Gasteiger partial charge is 0.201 e. The molecule has 0 saturated carbocycles. The maximum absolute atomic E-state index is 15.0. The van der Waals surface area contributed by atoms with Gasteiger partial charge in [-0.15, -0.1) is 0 Å². The van der Waals surface area contributed by atoms with Crippen molar-refractivity contribution in [1.82, 2.24) is 0 Å². The predicted octanol–water partition coefficient (Wildman–Crippen LogP) is 11.4. The molecule has 40 heavy (non-hydrogen) atoms. The van der Waals surface area contributed by atoms with Gasteiger partial charge in [0.05, 0.1) is 6.61 Å². The average Bonchev–Trinajstić information content (AvgIpc) is 2.99. The molecule has 4 aromatic rings. The van der Waals surface area contributed by atoms with Crippen LogP contribution in [0.25, 0.3) is 33.4 Å². The van der Waals surface area contributed by atoms with Crippen LogP contribution in [-0.4, -0.2) is 6.61 Å². The second kappa shape index (κ2) is 15.4. The molecular formula is C37H42F2O. The van der Waals surface area contributed by atoms with E-state index in [2.05, 4.69) is 62.4 Å². The fourth-order valence-corrected chi connectivity index (χ4v) is 5.13. The van der Waals surface area contributed by atoms with Crippen LogP contribution in [0.5, 0.6) is 5.75 Å². The lowest BCUT2D eigenvalue weighted by Gasteiger charge is -2.11. The van der Waals surface area contributed by atoms with Gasteiger partial charge >= 0.3 is 0 Å². The first-order valence-electron chi connectivity index (χ1n) is 15.0. The van der Waals surface area contributed by atoms with E-state index in [1.54, 1.807) is 12.1 Å². The van der Waals surface area contributed by atoms with Crippen LogP contribution in [0.3, 0.4) is 0 Å². The van der Waals surface area contributed by atoms with Crippen molar-refractivity contribution < 1.29 is 13.5 Å². The van der Waals surface area contributed by atoms with Crippen molar-refractivity contribution in [3.63, 3.8) is 0 Å². The Morgan fingerprint density at radius 1 is 0.475 bits per heavy atom. The van der Waals surface area contributed by atoms with Crippen LogP contribution in [0.4, 0.5) is 8.78 Å². The third kappa shape index (κ3) is 8.03. The molecule has 0 aliphatic carbocycles. The molecule has 4 aromatic carbocycles. The monoisotopic (exact) mass is 540 g/mol. The van der Waals surface area contributed by atoms with Gasteiger partial charge in [-0.05, 0) is 58.4 Å². The second-order valence-electron chi connectivity index (χ2n) is 10.7. The van der Waals surface area contributed by atoms with E-state index in [-0.39, 0.29) is 11.3 Å². The molecule has 0 unspecified atom stereocenters. The summed E-state index contributed by atoms with van der Waals surface area (Å²) in [4.78, 5) is 0. The number of benzene rings is 4. The highest BCUT2D eigenvalue weighted by Crippen LogP contribution is 2.32. The molecule has 0 fully saturated rings. The summed E-state index contributed by atoms with van der Waals surface area (Å²) in [5.41, 5.74) is 6.72. The Hall–Kier alpha value is -3.46. The number of halogens is 2. The molecule has 0 saturated heterocycles. The van der Waals surface area contributed by atoms with E-state index in [0.717, 1.165) is 43.2 Å². The van der Waals surface area contributed by atoms with Gasteiger partial charge in [0.15, 0.2) is 11.6 Å². The Morgan fingerprint density at radius 2 is 0.950 bits per heavy atom. The number of ether oxygens (including phenoxy) is 1. The zero-order valence-electron chi connectivity index (χ0n) is 24.0. The number of hydrogen-bond acceptors (Lipinski definition) is 1. The van der Waals surface area contributed by atoms with E-state index in [1.165, 1.54) is 48.8 Å². The van der Waals surface area contributed by atoms with Crippen LogP contribution in [-0.2, 0) is 6.42 Å². The summed E-state index contributed by atoms with van der Waals surface area (Å²) in [5, 5.41) is 0. The lowest BCUT2D eigenvalue weighted by atomic mass is 9.97. The molecule has 0 aromatic heterocycles. The summed E-state index contributed by atoms with van der Waals surface area (Å²) in [7, 11) is 0. The SMILES string of the molecule is CCCCCCCCCCOc1ccc(-c2ccc(-c3ccc(-c4ccc(CCC)cc4)cc3)cc2)c(F)c1F.